The maximum absolute atomic E-state index is 11.8. The van der Waals surface area contributed by atoms with Crippen molar-refractivity contribution in [2.24, 2.45) is 0 Å². The van der Waals surface area contributed by atoms with Crippen LogP contribution in [0.25, 0.3) is 10.9 Å². The molecule has 0 unspecified atom stereocenters. The number of rotatable bonds is 5. The number of carbonyl (C=O) groups is 1. The lowest BCUT2D eigenvalue weighted by molar-refractivity contribution is -0.119. The summed E-state index contributed by atoms with van der Waals surface area (Å²) in [4.78, 5) is 24.3. The maximum atomic E-state index is 11.8. The van der Waals surface area contributed by atoms with E-state index in [-0.39, 0.29) is 12.5 Å². The van der Waals surface area contributed by atoms with Crippen molar-refractivity contribution in [1.82, 2.24) is 20.3 Å². The van der Waals surface area contributed by atoms with E-state index in [0.717, 1.165) is 15.9 Å². The molecular weight excluding hydrogens is 286 g/mol. The van der Waals surface area contributed by atoms with E-state index in [1.165, 1.54) is 17.7 Å². The summed E-state index contributed by atoms with van der Waals surface area (Å²) in [5, 5.41) is 9.51. The molecule has 0 aliphatic carbocycles. The van der Waals surface area contributed by atoms with Gasteiger partial charge in [-0.1, -0.05) is 12.1 Å². The topological polar surface area (TPSA) is 79.8 Å². The van der Waals surface area contributed by atoms with E-state index < -0.39 is 0 Å². The summed E-state index contributed by atoms with van der Waals surface area (Å²) in [5.41, 5.74) is 0.846. The predicted molar refractivity (Wildman–Crippen MR) is 82.0 cm³/mol. The first-order valence-corrected chi connectivity index (χ1v) is 7.29. The first-order valence-electron chi connectivity index (χ1n) is 6.41. The number of aromatic nitrogens is 3. The molecule has 1 amide bonds. The van der Waals surface area contributed by atoms with Crippen molar-refractivity contribution in [3.8, 4) is 0 Å². The molecule has 0 radical (unpaired) electrons. The summed E-state index contributed by atoms with van der Waals surface area (Å²) in [6.45, 7) is 0.606. The van der Waals surface area contributed by atoms with Crippen molar-refractivity contribution in [1.29, 1.82) is 0 Å². The zero-order valence-electron chi connectivity index (χ0n) is 11.1. The third-order valence-corrected chi connectivity index (χ3v) is 3.66. The molecule has 3 rings (SSSR count). The molecule has 106 valence electrons. The number of para-hydroxylation sites is 1. The predicted octanol–water partition coefficient (Wildman–Crippen LogP) is 1.81. The van der Waals surface area contributed by atoms with Gasteiger partial charge in [0.05, 0.1) is 18.6 Å². The molecular formula is C14H13N5OS. The van der Waals surface area contributed by atoms with Crippen molar-refractivity contribution in [3.05, 3.63) is 47.2 Å². The third-order valence-electron chi connectivity index (χ3n) is 2.88. The second-order valence-corrected chi connectivity index (χ2v) is 5.27. The van der Waals surface area contributed by atoms with Crippen LogP contribution in [0.15, 0.2) is 42.2 Å². The van der Waals surface area contributed by atoms with Crippen LogP contribution in [0.3, 0.4) is 0 Å². The Hall–Kier alpha value is -2.54. The molecule has 3 aromatic rings. The number of carbonyl (C=O) groups excluding carboxylic acids is 1. The van der Waals surface area contributed by atoms with Gasteiger partial charge in [0.2, 0.25) is 5.91 Å². The van der Waals surface area contributed by atoms with Gasteiger partial charge in [0.1, 0.15) is 17.2 Å². The van der Waals surface area contributed by atoms with Crippen LogP contribution in [0.5, 0.6) is 0 Å². The molecule has 7 heteroatoms. The summed E-state index contributed by atoms with van der Waals surface area (Å²) in [5.74, 6) is 0.554. The van der Waals surface area contributed by atoms with E-state index in [1.807, 2.05) is 29.6 Å². The molecule has 2 heterocycles. The first-order chi connectivity index (χ1) is 10.3. The Morgan fingerprint density at radius 3 is 2.95 bits per heavy atom. The van der Waals surface area contributed by atoms with E-state index in [9.17, 15) is 4.79 Å². The Balaban J connectivity index is 1.60. The first kappa shape index (κ1) is 13.4. The van der Waals surface area contributed by atoms with Crippen molar-refractivity contribution in [2.75, 3.05) is 11.9 Å². The molecule has 0 fully saturated rings. The normalized spacial score (nSPS) is 10.5. The second kappa shape index (κ2) is 6.27. The van der Waals surface area contributed by atoms with Crippen molar-refractivity contribution in [2.45, 2.75) is 6.54 Å². The lowest BCUT2D eigenvalue weighted by Crippen LogP contribution is -2.29. The fraction of sp³-hybridized carbons (Fsp3) is 0.143. The highest BCUT2D eigenvalue weighted by atomic mass is 32.1. The molecule has 0 atom stereocenters. The van der Waals surface area contributed by atoms with Crippen LogP contribution < -0.4 is 10.6 Å². The molecule has 0 saturated carbocycles. The quantitative estimate of drug-likeness (QED) is 0.751. The van der Waals surface area contributed by atoms with Gasteiger partial charge in [0, 0.05) is 17.0 Å². The van der Waals surface area contributed by atoms with Gasteiger partial charge in [-0.25, -0.2) is 15.0 Å². The highest BCUT2D eigenvalue weighted by Gasteiger charge is 2.06. The van der Waals surface area contributed by atoms with E-state index in [4.69, 9.17) is 0 Å². The Labute approximate surface area is 125 Å². The number of benzene rings is 1. The number of fused-ring (bicyclic) bond motifs is 1. The Morgan fingerprint density at radius 2 is 2.10 bits per heavy atom. The number of nitrogens with one attached hydrogen (secondary N) is 2. The second-order valence-electron chi connectivity index (χ2n) is 4.30. The molecule has 0 spiro atoms. The fourth-order valence-electron chi connectivity index (χ4n) is 1.89. The van der Waals surface area contributed by atoms with Crippen LogP contribution in [0.2, 0.25) is 0 Å². The SMILES string of the molecule is O=C(CNc1ncnc2ccccc12)NCc1nccs1. The van der Waals surface area contributed by atoms with Crippen molar-refractivity contribution < 1.29 is 4.79 Å². The van der Waals surface area contributed by atoms with Gasteiger partial charge in [0.25, 0.3) is 0 Å². The number of hydrogen-bond acceptors (Lipinski definition) is 6. The summed E-state index contributed by atoms with van der Waals surface area (Å²) in [7, 11) is 0. The van der Waals surface area contributed by atoms with Gasteiger partial charge in [-0.15, -0.1) is 11.3 Å². The lowest BCUT2D eigenvalue weighted by atomic mass is 10.2. The van der Waals surface area contributed by atoms with Gasteiger partial charge < -0.3 is 10.6 Å². The van der Waals surface area contributed by atoms with Gasteiger partial charge in [0.15, 0.2) is 0 Å². The number of hydrogen-bond donors (Lipinski definition) is 2. The average molecular weight is 299 g/mol. The highest BCUT2D eigenvalue weighted by molar-refractivity contribution is 7.09. The molecule has 0 aliphatic heterocycles. The Morgan fingerprint density at radius 1 is 1.19 bits per heavy atom. The minimum atomic E-state index is -0.104. The molecule has 2 aromatic heterocycles. The molecule has 0 bridgehead atoms. The zero-order valence-corrected chi connectivity index (χ0v) is 11.9. The minimum absolute atomic E-state index is 0.104. The van der Waals surface area contributed by atoms with Crippen LogP contribution in [0, 0.1) is 0 Å². The number of nitrogens with zero attached hydrogens (tertiary/aromatic N) is 3. The number of thiazole rings is 1. The molecule has 6 nitrogen and oxygen atoms in total. The van der Waals surface area contributed by atoms with E-state index >= 15 is 0 Å². The summed E-state index contributed by atoms with van der Waals surface area (Å²) in [6, 6.07) is 7.66. The van der Waals surface area contributed by atoms with E-state index in [0.29, 0.717) is 12.4 Å². The van der Waals surface area contributed by atoms with E-state index in [2.05, 4.69) is 25.6 Å². The summed E-state index contributed by atoms with van der Waals surface area (Å²) < 4.78 is 0. The van der Waals surface area contributed by atoms with Gasteiger partial charge in [-0.3, -0.25) is 4.79 Å². The van der Waals surface area contributed by atoms with Crippen LogP contribution in [-0.4, -0.2) is 27.4 Å². The Bertz CT molecular complexity index is 739. The number of amides is 1. The van der Waals surface area contributed by atoms with Crippen molar-refractivity contribution in [3.63, 3.8) is 0 Å². The lowest BCUT2D eigenvalue weighted by Gasteiger charge is -2.08. The average Bonchev–Trinajstić information content (AvgIpc) is 3.04. The van der Waals surface area contributed by atoms with Crippen LogP contribution in [0.4, 0.5) is 5.82 Å². The smallest absolute Gasteiger partial charge is 0.239 e. The van der Waals surface area contributed by atoms with Crippen LogP contribution in [-0.2, 0) is 11.3 Å². The van der Waals surface area contributed by atoms with Crippen LogP contribution in [0.1, 0.15) is 5.01 Å². The molecule has 0 saturated heterocycles. The molecule has 2 N–H and O–H groups in total. The minimum Gasteiger partial charge on any atom is -0.360 e. The standard InChI is InChI=1S/C14H13N5OS/c20-12(16-8-13-15-5-6-21-13)7-17-14-10-3-1-2-4-11(10)18-9-19-14/h1-6,9H,7-8H2,(H,16,20)(H,17,18,19). The molecule has 0 aliphatic rings. The summed E-state index contributed by atoms with van der Waals surface area (Å²) >= 11 is 1.51. The zero-order chi connectivity index (χ0) is 14.5. The largest absolute Gasteiger partial charge is 0.360 e. The van der Waals surface area contributed by atoms with Crippen molar-refractivity contribution >= 4 is 34.0 Å². The van der Waals surface area contributed by atoms with Gasteiger partial charge in [-0.2, -0.15) is 0 Å². The monoisotopic (exact) mass is 299 g/mol. The highest BCUT2D eigenvalue weighted by Crippen LogP contribution is 2.17. The number of anilines is 1. The fourth-order valence-corrected chi connectivity index (χ4v) is 2.44. The van der Waals surface area contributed by atoms with Crippen LogP contribution >= 0.6 is 11.3 Å². The molecule has 1 aromatic carbocycles. The van der Waals surface area contributed by atoms with Gasteiger partial charge >= 0.3 is 0 Å². The van der Waals surface area contributed by atoms with E-state index in [1.54, 1.807) is 6.20 Å². The maximum Gasteiger partial charge on any atom is 0.239 e. The summed E-state index contributed by atoms with van der Waals surface area (Å²) in [6.07, 6.45) is 3.20. The Kier molecular flexibility index (Phi) is 4.02. The third kappa shape index (κ3) is 3.32. The van der Waals surface area contributed by atoms with Gasteiger partial charge in [-0.05, 0) is 12.1 Å². The molecule has 21 heavy (non-hydrogen) atoms.